The molecule has 1 fully saturated rings. The molecule has 0 radical (unpaired) electrons. The summed E-state index contributed by atoms with van der Waals surface area (Å²) in [4.78, 5) is 7.99. The number of nitrogens with one attached hydrogen (secondary N) is 2. The van der Waals surface area contributed by atoms with Gasteiger partial charge >= 0.3 is 0 Å². The second kappa shape index (κ2) is 5.39. The largest absolute Gasteiger partial charge is 0.378 e. The smallest absolute Gasteiger partial charge is 0.182 e. The van der Waals surface area contributed by atoms with Crippen molar-refractivity contribution in [2.45, 2.75) is 6.04 Å². The van der Waals surface area contributed by atoms with E-state index in [4.69, 9.17) is 10.00 Å². The number of anilines is 1. The van der Waals surface area contributed by atoms with Gasteiger partial charge in [-0.1, -0.05) is 0 Å². The lowest BCUT2D eigenvalue weighted by atomic mass is 10.2. The molecular weight excluding hydrogens is 206 g/mol. The zero-order chi connectivity index (χ0) is 11.2. The van der Waals surface area contributed by atoms with Crippen LogP contribution in [0.1, 0.15) is 5.69 Å². The minimum Gasteiger partial charge on any atom is -0.378 e. The fourth-order valence-electron chi connectivity index (χ4n) is 1.52. The van der Waals surface area contributed by atoms with Crippen molar-refractivity contribution in [3.63, 3.8) is 0 Å². The minimum atomic E-state index is 0.252. The predicted octanol–water partition coefficient (Wildman–Crippen LogP) is -0.251. The van der Waals surface area contributed by atoms with Crippen LogP contribution in [0.4, 0.5) is 5.82 Å². The Bertz CT molecular complexity index is 383. The molecular formula is C10H13N5O. The van der Waals surface area contributed by atoms with Crippen LogP contribution in [0.15, 0.2) is 12.4 Å². The topological polar surface area (TPSA) is 82.9 Å². The first kappa shape index (κ1) is 10.8. The van der Waals surface area contributed by atoms with Crippen LogP contribution in [0.5, 0.6) is 0 Å². The predicted molar refractivity (Wildman–Crippen MR) is 57.8 cm³/mol. The van der Waals surface area contributed by atoms with Gasteiger partial charge in [0.15, 0.2) is 11.5 Å². The van der Waals surface area contributed by atoms with Crippen LogP contribution in [0.25, 0.3) is 0 Å². The van der Waals surface area contributed by atoms with Gasteiger partial charge in [0, 0.05) is 31.5 Å². The number of hydrogen-bond acceptors (Lipinski definition) is 6. The summed E-state index contributed by atoms with van der Waals surface area (Å²) in [6.45, 7) is 2.96. The summed E-state index contributed by atoms with van der Waals surface area (Å²) in [6.07, 6.45) is 3.07. The third kappa shape index (κ3) is 2.66. The molecule has 2 heterocycles. The average molecular weight is 219 g/mol. The highest BCUT2D eigenvalue weighted by molar-refractivity contribution is 5.46. The number of aromatic nitrogens is 2. The highest BCUT2D eigenvalue weighted by atomic mass is 16.5. The minimum absolute atomic E-state index is 0.252. The number of nitriles is 1. The van der Waals surface area contributed by atoms with Gasteiger partial charge in [-0.25, -0.2) is 9.97 Å². The second-order valence-corrected chi connectivity index (χ2v) is 3.47. The normalized spacial score (nSPS) is 20.1. The molecule has 1 atom stereocenters. The van der Waals surface area contributed by atoms with Crippen LogP contribution in [0.3, 0.4) is 0 Å². The van der Waals surface area contributed by atoms with E-state index in [9.17, 15) is 0 Å². The van der Waals surface area contributed by atoms with E-state index < -0.39 is 0 Å². The Morgan fingerprint density at radius 1 is 1.56 bits per heavy atom. The van der Waals surface area contributed by atoms with E-state index in [0.29, 0.717) is 24.7 Å². The van der Waals surface area contributed by atoms with Gasteiger partial charge in [0.25, 0.3) is 0 Å². The molecule has 1 aromatic heterocycles. The Hall–Kier alpha value is -1.71. The van der Waals surface area contributed by atoms with Gasteiger partial charge in [-0.2, -0.15) is 5.26 Å². The van der Waals surface area contributed by atoms with Crippen LogP contribution in [-0.2, 0) is 4.74 Å². The monoisotopic (exact) mass is 219 g/mol. The van der Waals surface area contributed by atoms with E-state index in [2.05, 4.69) is 20.6 Å². The lowest BCUT2D eigenvalue weighted by Gasteiger charge is -2.24. The molecule has 6 heteroatoms. The molecule has 16 heavy (non-hydrogen) atoms. The van der Waals surface area contributed by atoms with E-state index in [1.807, 2.05) is 6.07 Å². The summed E-state index contributed by atoms with van der Waals surface area (Å²) in [5.41, 5.74) is 0.319. The van der Waals surface area contributed by atoms with Gasteiger partial charge in [0.05, 0.1) is 13.2 Å². The van der Waals surface area contributed by atoms with Crippen molar-refractivity contribution in [3.8, 4) is 6.07 Å². The van der Waals surface area contributed by atoms with Crippen molar-refractivity contribution in [1.82, 2.24) is 15.3 Å². The summed E-state index contributed by atoms with van der Waals surface area (Å²) in [5.74, 6) is 0.525. The summed E-state index contributed by atoms with van der Waals surface area (Å²) in [5, 5.41) is 15.2. The molecule has 6 nitrogen and oxygen atoms in total. The fraction of sp³-hybridized carbons (Fsp3) is 0.500. The molecule has 1 aliphatic rings. The van der Waals surface area contributed by atoms with Crippen LogP contribution in [0, 0.1) is 11.3 Å². The summed E-state index contributed by atoms with van der Waals surface area (Å²) >= 11 is 0. The Balaban J connectivity index is 1.91. The van der Waals surface area contributed by atoms with Crippen molar-refractivity contribution >= 4 is 5.82 Å². The van der Waals surface area contributed by atoms with E-state index in [-0.39, 0.29) is 6.04 Å². The summed E-state index contributed by atoms with van der Waals surface area (Å²) in [6, 6.07) is 2.25. The van der Waals surface area contributed by atoms with Crippen molar-refractivity contribution < 1.29 is 4.74 Å². The number of morpholine rings is 1. The van der Waals surface area contributed by atoms with Crippen molar-refractivity contribution in [2.75, 3.05) is 31.6 Å². The molecule has 0 aliphatic carbocycles. The van der Waals surface area contributed by atoms with Gasteiger partial charge in [-0.3, -0.25) is 0 Å². The second-order valence-electron chi connectivity index (χ2n) is 3.47. The Kier molecular flexibility index (Phi) is 3.64. The maximum absolute atomic E-state index is 8.82. The maximum atomic E-state index is 8.82. The molecule has 84 valence electrons. The molecule has 0 spiro atoms. The van der Waals surface area contributed by atoms with Gasteiger partial charge in [-0.15, -0.1) is 0 Å². The third-order valence-electron chi connectivity index (χ3n) is 2.32. The van der Waals surface area contributed by atoms with Crippen molar-refractivity contribution in [2.24, 2.45) is 0 Å². The maximum Gasteiger partial charge on any atom is 0.182 e. The first-order valence-electron chi connectivity index (χ1n) is 5.16. The standard InChI is InChI=1S/C10H13N5O/c11-5-9-10(14-2-1-13-9)15-6-8-7-16-4-3-12-8/h1-2,8,12H,3-4,6-7H2,(H,14,15). The molecule has 1 saturated heterocycles. The highest BCUT2D eigenvalue weighted by Gasteiger charge is 2.13. The molecule has 0 bridgehead atoms. The average Bonchev–Trinajstić information content (AvgIpc) is 2.38. The van der Waals surface area contributed by atoms with Crippen molar-refractivity contribution in [1.29, 1.82) is 5.26 Å². The molecule has 0 aromatic carbocycles. The first-order chi connectivity index (χ1) is 7.90. The van der Waals surface area contributed by atoms with E-state index in [0.717, 1.165) is 13.2 Å². The molecule has 2 N–H and O–H groups in total. The van der Waals surface area contributed by atoms with Crippen LogP contribution >= 0.6 is 0 Å². The van der Waals surface area contributed by atoms with E-state index in [1.54, 1.807) is 6.20 Å². The molecule has 1 aromatic rings. The fourth-order valence-corrected chi connectivity index (χ4v) is 1.52. The zero-order valence-electron chi connectivity index (χ0n) is 8.81. The number of rotatable bonds is 3. The van der Waals surface area contributed by atoms with Crippen LogP contribution in [0.2, 0.25) is 0 Å². The Morgan fingerprint density at radius 3 is 3.19 bits per heavy atom. The zero-order valence-corrected chi connectivity index (χ0v) is 8.81. The third-order valence-corrected chi connectivity index (χ3v) is 2.32. The SMILES string of the molecule is N#Cc1nccnc1NCC1COCCN1. The molecule has 0 saturated carbocycles. The molecule has 1 aliphatic heterocycles. The van der Waals surface area contributed by atoms with Crippen LogP contribution < -0.4 is 10.6 Å². The first-order valence-corrected chi connectivity index (χ1v) is 5.16. The van der Waals surface area contributed by atoms with Gasteiger partial charge in [0.2, 0.25) is 0 Å². The Labute approximate surface area is 93.7 Å². The lowest BCUT2D eigenvalue weighted by Crippen LogP contribution is -2.45. The summed E-state index contributed by atoms with van der Waals surface area (Å²) in [7, 11) is 0. The Morgan fingerprint density at radius 2 is 2.44 bits per heavy atom. The van der Waals surface area contributed by atoms with Gasteiger partial charge in [0.1, 0.15) is 6.07 Å². The quantitative estimate of drug-likeness (QED) is 0.729. The van der Waals surface area contributed by atoms with E-state index >= 15 is 0 Å². The molecule has 0 amide bonds. The number of nitrogens with zero attached hydrogens (tertiary/aromatic N) is 3. The summed E-state index contributed by atoms with van der Waals surface area (Å²) < 4.78 is 5.32. The molecule has 2 rings (SSSR count). The molecule has 1 unspecified atom stereocenters. The van der Waals surface area contributed by atoms with Gasteiger partial charge < -0.3 is 15.4 Å². The van der Waals surface area contributed by atoms with Crippen LogP contribution in [-0.4, -0.2) is 42.3 Å². The lowest BCUT2D eigenvalue weighted by molar-refractivity contribution is 0.0806. The van der Waals surface area contributed by atoms with E-state index in [1.165, 1.54) is 6.20 Å². The number of hydrogen-bond donors (Lipinski definition) is 2. The highest BCUT2D eigenvalue weighted by Crippen LogP contribution is 2.06. The van der Waals surface area contributed by atoms with Gasteiger partial charge in [-0.05, 0) is 0 Å². The number of ether oxygens (including phenoxy) is 1. The van der Waals surface area contributed by atoms with Crippen molar-refractivity contribution in [3.05, 3.63) is 18.1 Å².